The van der Waals surface area contributed by atoms with Gasteiger partial charge in [-0.15, -0.1) is 0 Å². The van der Waals surface area contributed by atoms with Crippen molar-refractivity contribution in [3.8, 4) is 5.75 Å². The standard InChI is InChI=1S/C15H11Cl2NO3/c16-11-5-1-2-7-13(11)18-14(20)9-21-15-10(8-19)4-3-6-12(15)17/h1-8H,9H2,(H,18,20). The Balaban J connectivity index is 2.02. The summed E-state index contributed by atoms with van der Waals surface area (Å²) in [5.41, 5.74) is 0.774. The normalized spacial score (nSPS) is 10.0. The van der Waals surface area contributed by atoms with Crippen LogP contribution >= 0.6 is 23.2 Å². The number of nitrogens with one attached hydrogen (secondary N) is 1. The molecule has 2 rings (SSSR count). The lowest BCUT2D eigenvalue weighted by Crippen LogP contribution is -2.20. The summed E-state index contributed by atoms with van der Waals surface area (Å²) in [6.07, 6.45) is 0.618. The maximum atomic E-state index is 11.8. The minimum Gasteiger partial charge on any atom is -0.481 e. The fourth-order valence-corrected chi connectivity index (χ4v) is 2.08. The number of hydrogen-bond donors (Lipinski definition) is 1. The molecule has 21 heavy (non-hydrogen) atoms. The molecular formula is C15H11Cl2NO3. The molecule has 108 valence electrons. The second kappa shape index (κ2) is 7.11. The highest BCUT2D eigenvalue weighted by Crippen LogP contribution is 2.27. The molecule has 2 aromatic rings. The van der Waals surface area contributed by atoms with Crippen LogP contribution < -0.4 is 10.1 Å². The molecule has 0 unspecified atom stereocenters. The van der Waals surface area contributed by atoms with E-state index in [-0.39, 0.29) is 22.9 Å². The quantitative estimate of drug-likeness (QED) is 0.851. The molecule has 0 radical (unpaired) electrons. The van der Waals surface area contributed by atoms with E-state index < -0.39 is 5.91 Å². The van der Waals surface area contributed by atoms with Gasteiger partial charge in [-0.3, -0.25) is 9.59 Å². The topological polar surface area (TPSA) is 55.4 Å². The third-order valence-corrected chi connectivity index (χ3v) is 3.25. The molecule has 0 aliphatic rings. The van der Waals surface area contributed by atoms with E-state index in [0.29, 0.717) is 17.0 Å². The monoisotopic (exact) mass is 323 g/mol. The number of anilines is 1. The molecule has 4 nitrogen and oxygen atoms in total. The number of halogens is 2. The van der Waals surface area contributed by atoms with E-state index in [1.54, 1.807) is 42.5 Å². The second-order valence-corrected chi connectivity index (χ2v) is 4.91. The van der Waals surface area contributed by atoms with Crippen LogP contribution in [0.3, 0.4) is 0 Å². The molecule has 0 spiro atoms. The van der Waals surface area contributed by atoms with Gasteiger partial charge >= 0.3 is 0 Å². The van der Waals surface area contributed by atoms with Crippen molar-refractivity contribution in [2.75, 3.05) is 11.9 Å². The van der Waals surface area contributed by atoms with Crippen LogP contribution in [-0.4, -0.2) is 18.8 Å². The van der Waals surface area contributed by atoms with Gasteiger partial charge < -0.3 is 10.1 Å². The zero-order valence-electron chi connectivity index (χ0n) is 10.8. The summed E-state index contributed by atoms with van der Waals surface area (Å²) in [6.45, 7) is -0.282. The minimum atomic E-state index is -0.403. The van der Waals surface area contributed by atoms with Gasteiger partial charge in [0.1, 0.15) is 5.75 Å². The fourth-order valence-electron chi connectivity index (χ4n) is 1.66. The van der Waals surface area contributed by atoms with Gasteiger partial charge in [0.2, 0.25) is 0 Å². The van der Waals surface area contributed by atoms with Crippen LogP contribution in [0.1, 0.15) is 10.4 Å². The SMILES string of the molecule is O=Cc1cccc(Cl)c1OCC(=O)Nc1ccccc1Cl. The van der Waals surface area contributed by atoms with Gasteiger partial charge in [0.15, 0.2) is 12.9 Å². The Bertz CT molecular complexity index is 674. The van der Waals surface area contributed by atoms with Gasteiger partial charge in [0, 0.05) is 0 Å². The Hall–Kier alpha value is -2.04. The molecule has 2 aromatic carbocycles. The third-order valence-electron chi connectivity index (χ3n) is 2.62. The Morgan fingerprint density at radius 1 is 1.10 bits per heavy atom. The maximum Gasteiger partial charge on any atom is 0.262 e. The summed E-state index contributed by atoms with van der Waals surface area (Å²) in [5.74, 6) is -0.219. The van der Waals surface area contributed by atoms with E-state index >= 15 is 0 Å². The van der Waals surface area contributed by atoms with Crippen LogP contribution in [0.25, 0.3) is 0 Å². The second-order valence-electron chi connectivity index (χ2n) is 4.09. The van der Waals surface area contributed by atoms with Crippen molar-refractivity contribution in [2.24, 2.45) is 0 Å². The summed E-state index contributed by atoms with van der Waals surface area (Å²) >= 11 is 11.9. The van der Waals surface area contributed by atoms with E-state index in [4.69, 9.17) is 27.9 Å². The van der Waals surface area contributed by atoms with Crippen molar-refractivity contribution in [1.29, 1.82) is 0 Å². The predicted octanol–water partition coefficient (Wildman–Crippen LogP) is 3.82. The first-order valence-electron chi connectivity index (χ1n) is 6.02. The molecule has 6 heteroatoms. The molecule has 0 aliphatic heterocycles. The number of ether oxygens (including phenoxy) is 1. The van der Waals surface area contributed by atoms with E-state index in [2.05, 4.69) is 5.32 Å². The maximum absolute atomic E-state index is 11.8. The number of benzene rings is 2. The number of rotatable bonds is 5. The van der Waals surface area contributed by atoms with Crippen molar-refractivity contribution in [1.82, 2.24) is 0 Å². The van der Waals surface area contributed by atoms with Gasteiger partial charge in [-0.05, 0) is 24.3 Å². The molecule has 0 fully saturated rings. The van der Waals surface area contributed by atoms with Gasteiger partial charge in [-0.2, -0.15) is 0 Å². The zero-order chi connectivity index (χ0) is 15.2. The van der Waals surface area contributed by atoms with E-state index in [1.807, 2.05) is 0 Å². The zero-order valence-corrected chi connectivity index (χ0v) is 12.3. The Morgan fingerprint density at radius 3 is 2.52 bits per heavy atom. The van der Waals surface area contributed by atoms with E-state index in [9.17, 15) is 9.59 Å². The summed E-state index contributed by atoms with van der Waals surface area (Å²) < 4.78 is 5.31. The Labute approximate surface area is 131 Å². The van der Waals surface area contributed by atoms with Crippen LogP contribution in [0.15, 0.2) is 42.5 Å². The first kappa shape index (κ1) is 15.4. The number of hydrogen-bond acceptors (Lipinski definition) is 3. The first-order valence-corrected chi connectivity index (χ1v) is 6.78. The molecule has 0 aromatic heterocycles. The number of carbonyl (C=O) groups excluding carboxylic acids is 2. The first-order chi connectivity index (χ1) is 10.1. The molecule has 0 saturated carbocycles. The molecular weight excluding hydrogens is 313 g/mol. The predicted molar refractivity (Wildman–Crippen MR) is 82.4 cm³/mol. The van der Waals surface area contributed by atoms with Crippen molar-refractivity contribution < 1.29 is 14.3 Å². The number of aldehydes is 1. The van der Waals surface area contributed by atoms with Gasteiger partial charge in [0.25, 0.3) is 5.91 Å². The number of para-hydroxylation sites is 2. The lowest BCUT2D eigenvalue weighted by Gasteiger charge is -2.11. The molecule has 0 bridgehead atoms. The summed E-state index contributed by atoms with van der Waals surface area (Å²) in [7, 11) is 0. The number of carbonyl (C=O) groups is 2. The fraction of sp³-hybridized carbons (Fsp3) is 0.0667. The van der Waals surface area contributed by atoms with Crippen molar-refractivity contribution in [2.45, 2.75) is 0 Å². The van der Waals surface area contributed by atoms with Crippen LogP contribution in [-0.2, 0) is 4.79 Å². The number of amides is 1. The molecule has 1 amide bonds. The average molecular weight is 324 g/mol. The van der Waals surface area contributed by atoms with E-state index in [0.717, 1.165) is 0 Å². The molecule has 0 aliphatic carbocycles. The Morgan fingerprint density at radius 2 is 1.81 bits per heavy atom. The third kappa shape index (κ3) is 3.97. The van der Waals surface area contributed by atoms with Crippen LogP contribution in [0.5, 0.6) is 5.75 Å². The lowest BCUT2D eigenvalue weighted by atomic mass is 10.2. The van der Waals surface area contributed by atoms with Crippen LogP contribution in [0.2, 0.25) is 10.0 Å². The van der Waals surface area contributed by atoms with Crippen LogP contribution in [0.4, 0.5) is 5.69 Å². The van der Waals surface area contributed by atoms with Gasteiger partial charge in [-0.25, -0.2) is 0 Å². The average Bonchev–Trinajstić information content (AvgIpc) is 2.48. The highest BCUT2D eigenvalue weighted by atomic mass is 35.5. The minimum absolute atomic E-state index is 0.184. The lowest BCUT2D eigenvalue weighted by molar-refractivity contribution is -0.118. The highest BCUT2D eigenvalue weighted by Gasteiger charge is 2.11. The largest absolute Gasteiger partial charge is 0.481 e. The van der Waals surface area contributed by atoms with Crippen LogP contribution in [0, 0.1) is 0 Å². The van der Waals surface area contributed by atoms with Crippen molar-refractivity contribution >= 4 is 41.1 Å². The van der Waals surface area contributed by atoms with Gasteiger partial charge in [0.05, 0.1) is 21.3 Å². The van der Waals surface area contributed by atoms with E-state index in [1.165, 1.54) is 0 Å². The van der Waals surface area contributed by atoms with Gasteiger partial charge in [-0.1, -0.05) is 41.4 Å². The van der Waals surface area contributed by atoms with Crippen molar-refractivity contribution in [3.63, 3.8) is 0 Å². The summed E-state index contributed by atoms with van der Waals surface area (Å²) in [4.78, 5) is 22.7. The Kier molecular flexibility index (Phi) is 5.20. The molecule has 1 N–H and O–H groups in total. The smallest absolute Gasteiger partial charge is 0.262 e. The molecule has 0 saturated heterocycles. The van der Waals surface area contributed by atoms with Crippen molar-refractivity contribution in [3.05, 3.63) is 58.1 Å². The molecule has 0 heterocycles. The highest BCUT2D eigenvalue weighted by molar-refractivity contribution is 6.33. The molecule has 0 atom stereocenters. The summed E-state index contributed by atoms with van der Waals surface area (Å²) in [6, 6.07) is 11.6. The summed E-state index contributed by atoms with van der Waals surface area (Å²) in [5, 5.41) is 3.31.